The van der Waals surface area contributed by atoms with Crippen LogP contribution in [0.1, 0.15) is 38.7 Å². The van der Waals surface area contributed by atoms with Gasteiger partial charge in [0.1, 0.15) is 0 Å². The highest BCUT2D eigenvalue weighted by atomic mass is 16.5. The van der Waals surface area contributed by atoms with Crippen LogP contribution in [0, 0.1) is 11.3 Å². The second kappa shape index (κ2) is 7.62. The molecule has 1 aromatic rings. The predicted octanol–water partition coefficient (Wildman–Crippen LogP) is 2.22. The van der Waals surface area contributed by atoms with Crippen LogP contribution in [0.4, 0.5) is 0 Å². The van der Waals surface area contributed by atoms with Crippen LogP contribution in [0.25, 0.3) is 0 Å². The second-order valence-electron chi connectivity index (χ2n) is 7.54. The third kappa shape index (κ3) is 3.95. The lowest BCUT2D eigenvalue weighted by molar-refractivity contribution is -0.129. The van der Waals surface area contributed by atoms with Gasteiger partial charge in [-0.3, -0.25) is 14.7 Å². The van der Waals surface area contributed by atoms with E-state index in [1.54, 1.807) is 0 Å². The Kier molecular flexibility index (Phi) is 5.51. The van der Waals surface area contributed by atoms with Crippen LogP contribution in [0.15, 0.2) is 24.5 Å². The molecular formula is C19H29N3O2. The van der Waals surface area contributed by atoms with E-state index in [0.717, 1.165) is 45.5 Å². The molecular weight excluding hydrogens is 302 g/mol. The molecule has 3 heterocycles. The van der Waals surface area contributed by atoms with E-state index >= 15 is 0 Å². The maximum Gasteiger partial charge on any atom is 0.222 e. The lowest BCUT2D eigenvalue weighted by Crippen LogP contribution is -2.58. The van der Waals surface area contributed by atoms with E-state index < -0.39 is 0 Å². The number of nitrogens with one attached hydrogen (secondary N) is 1. The van der Waals surface area contributed by atoms with Gasteiger partial charge in [-0.05, 0) is 49.4 Å². The number of amides is 1. The molecule has 1 spiro atoms. The summed E-state index contributed by atoms with van der Waals surface area (Å²) in [5, 5.41) is 3.25. The number of piperidine rings is 1. The Hall–Kier alpha value is -1.46. The number of aromatic nitrogens is 1. The standard InChI is InChI=1S/C19H29N3O2/c1-15(2)18(23)21-17-14-24-11-7-19(17)5-9-22(10-6-19)13-16-4-3-8-20-12-16/h3-4,8,12,15,17H,5-7,9-11,13-14H2,1-2H3,(H,21,23). The van der Waals surface area contributed by atoms with Crippen LogP contribution >= 0.6 is 0 Å². The smallest absolute Gasteiger partial charge is 0.222 e. The summed E-state index contributed by atoms with van der Waals surface area (Å²) in [6.45, 7) is 8.47. The van der Waals surface area contributed by atoms with Gasteiger partial charge >= 0.3 is 0 Å². The van der Waals surface area contributed by atoms with Crippen molar-refractivity contribution < 1.29 is 9.53 Å². The highest BCUT2D eigenvalue weighted by Gasteiger charge is 2.44. The molecule has 0 aromatic carbocycles. The lowest BCUT2D eigenvalue weighted by atomic mass is 9.69. The van der Waals surface area contributed by atoms with Crippen molar-refractivity contribution in [2.75, 3.05) is 26.3 Å². The van der Waals surface area contributed by atoms with Gasteiger partial charge in [-0.15, -0.1) is 0 Å². The fourth-order valence-electron chi connectivity index (χ4n) is 3.87. The average molecular weight is 331 g/mol. The van der Waals surface area contributed by atoms with E-state index in [4.69, 9.17) is 4.74 Å². The monoisotopic (exact) mass is 331 g/mol. The van der Waals surface area contributed by atoms with Crippen molar-refractivity contribution in [2.45, 2.75) is 45.7 Å². The maximum absolute atomic E-state index is 12.2. The van der Waals surface area contributed by atoms with Crippen molar-refractivity contribution in [3.63, 3.8) is 0 Å². The molecule has 2 aliphatic heterocycles. The molecule has 132 valence electrons. The van der Waals surface area contributed by atoms with E-state index in [2.05, 4.69) is 21.3 Å². The molecule has 0 saturated carbocycles. The van der Waals surface area contributed by atoms with Crippen molar-refractivity contribution in [1.82, 2.24) is 15.2 Å². The third-order valence-electron chi connectivity index (χ3n) is 5.59. The van der Waals surface area contributed by atoms with Gasteiger partial charge in [-0.2, -0.15) is 0 Å². The molecule has 1 atom stereocenters. The number of likely N-dealkylation sites (tertiary alicyclic amines) is 1. The number of carbonyl (C=O) groups is 1. The lowest BCUT2D eigenvalue weighted by Gasteiger charge is -2.49. The molecule has 3 rings (SSSR count). The number of hydrogen-bond acceptors (Lipinski definition) is 4. The first-order valence-electron chi connectivity index (χ1n) is 9.08. The zero-order valence-electron chi connectivity index (χ0n) is 14.8. The molecule has 1 unspecified atom stereocenters. The minimum Gasteiger partial charge on any atom is -0.379 e. The maximum atomic E-state index is 12.2. The van der Waals surface area contributed by atoms with Gasteiger partial charge in [0, 0.05) is 31.5 Å². The number of rotatable bonds is 4. The Labute approximate surface area is 144 Å². The quantitative estimate of drug-likeness (QED) is 0.919. The second-order valence-corrected chi connectivity index (χ2v) is 7.54. The van der Waals surface area contributed by atoms with Gasteiger partial charge in [0.05, 0.1) is 12.6 Å². The van der Waals surface area contributed by atoms with Gasteiger partial charge in [0.25, 0.3) is 0 Å². The van der Waals surface area contributed by atoms with Crippen molar-refractivity contribution >= 4 is 5.91 Å². The molecule has 2 fully saturated rings. The van der Waals surface area contributed by atoms with Crippen LogP contribution in [0.5, 0.6) is 0 Å². The normalized spacial score (nSPS) is 24.2. The predicted molar refractivity (Wildman–Crippen MR) is 93.4 cm³/mol. The Morgan fingerprint density at radius 1 is 1.42 bits per heavy atom. The Bertz CT molecular complexity index is 539. The first-order valence-corrected chi connectivity index (χ1v) is 9.08. The Balaban J connectivity index is 1.60. The topological polar surface area (TPSA) is 54.5 Å². The van der Waals surface area contributed by atoms with Gasteiger partial charge in [-0.25, -0.2) is 0 Å². The number of hydrogen-bond donors (Lipinski definition) is 1. The summed E-state index contributed by atoms with van der Waals surface area (Å²) >= 11 is 0. The summed E-state index contributed by atoms with van der Waals surface area (Å²) in [4.78, 5) is 18.9. The molecule has 2 aliphatic rings. The summed E-state index contributed by atoms with van der Waals surface area (Å²) in [6, 6.07) is 4.29. The minimum atomic E-state index is 0.0228. The molecule has 24 heavy (non-hydrogen) atoms. The highest BCUT2D eigenvalue weighted by molar-refractivity contribution is 5.78. The average Bonchev–Trinajstić information content (AvgIpc) is 2.60. The van der Waals surface area contributed by atoms with E-state index in [1.807, 2.05) is 32.3 Å². The molecule has 5 heteroatoms. The van der Waals surface area contributed by atoms with Crippen LogP contribution in [0.2, 0.25) is 0 Å². The summed E-state index contributed by atoms with van der Waals surface area (Å²) in [5.74, 6) is 0.164. The van der Waals surface area contributed by atoms with Crippen LogP contribution < -0.4 is 5.32 Å². The zero-order chi connectivity index (χ0) is 17.0. The summed E-state index contributed by atoms with van der Waals surface area (Å²) in [5.41, 5.74) is 1.47. The fraction of sp³-hybridized carbons (Fsp3) is 0.684. The van der Waals surface area contributed by atoms with E-state index in [-0.39, 0.29) is 23.3 Å². The highest BCUT2D eigenvalue weighted by Crippen LogP contribution is 2.41. The third-order valence-corrected chi connectivity index (χ3v) is 5.59. The number of ether oxygens (including phenoxy) is 1. The first kappa shape index (κ1) is 17.4. The van der Waals surface area contributed by atoms with Crippen LogP contribution in [-0.2, 0) is 16.1 Å². The Morgan fingerprint density at radius 2 is 2.21 bits per heavy atom. The summed E-state index contributed by atoms with van der Waals surface area (Å²) in [7, 11) is 0. The Morgan fingerprint density at radius 3 is 2.88 bits per heavy atom. The summed E-state index contributed by atoms with van der Waals surface area (Å²) in [6.07, 6.45) is 7.07. The van der Waals surface area contributed by atoms with Crippen molar-refractivity contribution in [2.24, 2.45) is 11.3 Å². The van der Waals surface area contributed by atoms with E-state index in [0.29, 0.717) is 6.61 Å². The number of carbonyl (C=O) groups excluding carboxylic acids is 1. The largest absolute Gasteiger partial charge is 0.379 e. The molecule has 0 bridgehead atoms. The first-order chi connectivity index (χ1) is 11.6. The molecule has 1 N–H and O–H groups in total. The van der Waals surface area contributed by atoms with Crippen molar-refractivity contribution in [1.29, 1.82) is 0 Å². The SMILES string of the molecule is CC(C)C(=O)NC1COCCC12CCN(Cc1cccnc1)CC2. The van der Waals surface area contributed by atoms with Crippen LogP contribution in [-0.4, -0.2) is 48.1 Å². The van der Waals surface area contributed by atoms with Gasteiger partial charge in [-0.1, -0.05) is 19.9 Å². The molecule has 5 nitrogen and oxygen atoms in total. The molecule has 1 amide bonds. The van der Waals surface area contributed by atoms with Crippen molar-refractivity contribution in [3.8, 4) is 0 Å². The van der Waals surface area contributed by atoms with Gasteiger partial charge in [0.2, 0.25) is 5.91 Å². The van der Waals surface area contributed by atoms with E-state index in [9.17, 15) is 4.79 Å². The van der Waals surface area contributed by atoms with Crippen molar-refractivity contribution in [3.05, 3.63) is 30.1 Å². The molecule has 0 radical (unpaired) electrons. The number of pyridine rings is 1. The molecule has 1 aromatic heterocycles. The zero-order valence-corrected chi connectivity index (χ0v) is 14.8. The molecule has 2 saturated heterocycles. The van der Waals surface area contributed by atoms with Gasteiger partial charge in [0.15, 0.2) is 0 Å². The van der Waals surface area contributed by atoms with E-state index in [1.165, 1.54) is 5.56 Å². The van der Waals surface area contributed by atoms with Crippen LogP contribution in [0.3, 0.4) is 0 Å². The summed E-state index contributed by atoms with van der Waals surface area (Å²) < 4.78 is 5.68. The fourth-order valence-corrected chi connectivity index (χ4v) is 3.87. The number of nitrogens with zero attached hydrogens (tertiary/aromatic N) is 2. The molecule has 0 aliphatic carbocycles. The van der Waals surface area contributed by atoms with Gasteiger partial charge < -0.3 is 10.1 Å². The minimum absolute atomic E-state index is 0.0228.